The topological polar surface area (TPSA) is 0 Å². The molecule has 1 unspecified atom stereocenters. The van der Waals surface area contributed by atoms with E-state index in [1.165, 1.54) is 0 Å². The van der Waals surface area contributed by atoms with Crippen molar-refractivity contribution in [3.05, 3.63) is 12.2 Å². The maximum absolute atomic E-state index is 5.93. The molecule has 3 heteroatoms. The molecule has 0 nitrogen and oxygen atoms in total. The molecule has 0 aromatic rings. The van der Waals surface area contributed by atoms with E-state index in [4.69, 9.17) is 17.8 Å². The quantitative estimate of drug-likeness (QED) is 0.407. The van der Waals surface area contributed by atoms with Gasteiger partial charge in [0.15, 0.2) is 0 Å². The van der Waals surface area contributed by atoms with Crippen LogP contribution in [0.4, 0.5) is 0 Å². The first-order chi connectivity index (χ1) is 4.56. The van der Waals surface area contributed by atoms with Crippen molar-refractivity contribution in [2.24, 2.45) is 0 Å². The number of allylic oxidation sites excluding steroid dienone is 2. The molecule has 0 aliphatic heterocycles. The summed E-state index contributed by atoms with van der Waals surface area (Å²) in [6, 6.07) is 0. The molecule has 0 amide bonds. The summed E-state index contributed by atoms with van der Waals surface area (Å²) < 4.78 is 0.0990. The van der Waals surface area contributed by atoms with Gasteiger partial charge in [-0.2, -0.15) is 0 Å². The van der Waals surface area contributed by atoms with E-state index in [9.17, 15) is 0 Å². The molecule has 0 fully saturated rings. The van der Waals surface area contributed by atoms with Gasteiger partial charge in [0.05, 0.1) is 0 Å². The standard InChI is InChI=1S/C7H13Cl2I/c1-4-6-7(3,5-2)10(8)9/h4,6H,5H2,1-3H3. The van der Waals surface area contributed by atoms with Crippen LogP contribution in [0.5, 0.6) is 0 Å². The summed E-state index contributed by atoms with van der Waals surface area (Å²) >= 11 is -1.72. The normalized spacial score (nSPS) is 19.1. The van der Waals surface area contributed by atoms with Crippen LogP contribution in [0.25, 0.3) is 0 Å². The van der Waals surface area contributed by atoms with Crippen molar-refractivity contribution in [3.63, 3.8) is 0 Å². The summed E-state index contributed by atoms with van der Waals surface area (Å²) in [5, 5.41) is 0. The molecule has 0 saturated carbocycles. The molecule has 0 saturated heterocycles. The van der Waals surface area contributed by atoms with Crippen molar-refractivity contribution < 1.29 is 0 Å². The van der Waals surface area contributed by atoms with Gasteiger partial charge in [-0.15, -0.1) is 0 Å². The van der Waals surface area contributed by atoms with E-state index in [1.807, 2.05) is 13.0 Å². The SMILES string of the molecule is CC=CC(C)(CC)I(Cl)Cl. The van der Waals surface area contributed by atoms with E-state index < -0.39 is 17.6 Å². The zero-order chi connectivity index (χ0) is 8.20. The van der Waals surface area contributed by atoms with Crippen molar-refractivity contribution in [2.45, 2.75) is 30.6 Å². The second kappa shape index (κ2) is 4.83. The molecular weight excluding hydrogens is 282 g/mol. The van der Waals surface area contributed by atoms with Gasteiger partial charge in [-0.1, -0.05) is 0 Å². The summed E-state index contributed by atoms with van der Waals surface area (Å²) in [5.74, 6) is 0. The molecule has 0 heterocycles. The Balaban J connectivity index is 4.22. The Morgan fingerprint density at radius 1 is 1.50 bits per heavy atom. The van der Waals surface area contributed by atoms with Gasteiger partial charge in [-0.3, -0.25) is 0 Å². The van der Waals surface area contributed by atoms with Gasteiger partial charge in [0.2, 0.25) is 0 Å². The van der Waals surface area contributed by atoms with E-state index in [0.29, 0.717) is 0 Å². The third-order valence-electron chi connectivity index (χ3n) is 1.53. The third kappa shape index (κ3) is 2.97. The van der Waals surface area contributed by atoms with Crippen LogP contribution in [-0.4, -0.2) is 3.42 Å². The number of hydrogen-bond acceptors (Lipinski definition) is 0. The first-order valence-electron chi connectivity index (χ1n) is 3.23. The van der Waals surface area contributed by atoms with Gasteiger partial charge in [0.25, 0.3) is 0 Å². The van der Waals surface area contributed by atoms with Crippen LogP contribution in [0, 0.1) is 0 Å². The second-order valence-electron chi connectivity index (χ2n) is 2.33. The van der Waals surface area contributed by atoms with Gasteiger partial charge in [0, 0.05) is 0 Å². The zero-order valence-corrected chi connectivity index (χ0v) is 10.2. The van der Waals surface area contributed by atoms with Crippen molar-refractivity contribution in [1.29, 1.82) is 0 Å². The summed E-state index contributed by atoms with van der Waals surface area (Å²) in [4.78, 5) is 0. The number of alkyl halides is 1. The molecule has 0 spiro atoms. The molecule has 62 valence electrons. The average Bonchev–Trinajstić information content (AvgIpc) is 1.88. The third-order valence-corrected chi connectivity index (χ3v) is 8.90. The summed E-state index contributed by atoms with van der Waals surface area (Å²) in [6.07, 6.45) is 5.19. The van der Waals surface area contributed by atoms with E-state index in [2.05, 4.69) is 19.9 Å². The average molecular weight is 295 g/mol. The molecule has 0 rings (SSSR count). The predicted octanol–water partition coefficient (Wildman–Crippen LogP) is 4.55. The van der Waals surface area contributed by atoms with Gasteiger partial charge in [-0.05, 0) is 0 Å². The zero-order valence-electron chi connectivity index (χ0n) is 6.50. The fourth-order valence-electron chi connectivity index (χ4n) is 0.614. The van der Waals surface area contributed by atoms with Crippen molar-refractivity contribution in [3.8, 4) is 0 Å². The van der Waals surface area contributed by atoms with E-state index >= 15 is 0 Å². The minimum atomic E-state index is -1.72. The number of hydrogen-bond donors (Lipinski definition) is 0. The van der Waals surface area contributed by atoms with E-state index in [0.717, 1.165) is 6.42 Å². The Bertz CT molecular complexity index is 123. The Labute approximate surface area is 77.8 Å². The Morgan fingerprint density at radius 3 is 2.10 bits per heavy atom. The molecule has 0 aromatic heterocycles. The molecule has 0 aliphatic carbocycles. The fourth-order valence-corrected chi connectivity index (χ4v) is 3.82. The van der Waals surface area contributed by atoms with Crippen molar-refractivity contribution >= 4 is 35.4 Å². The number of halogens is 3. The summed E-state index contributed by atoms with van der Waals surface area (Å²) in [5.41, 5.74) is 0. The van der Waals surface area contributed by atoms with Crippen LogP contribution in [0.1, 0.15) is 27.2 Å². The van der Waals surface area contributed by atoms with Gasteiger partial charge >= 0.3 is 78.1 Å². The van der Waals surface area contributed by atoms with Gasteiger partial charge in [-0.25, -0.2) is 0 Å². The summed E-state index contributed by atoms with van der Waals surface area (Å²) in [7, 11) is 11.9. The second-order valence-corrected chi connectivity index (χ2v) is 10.7. The molecule has 1 atom stereocenters. The van der Waals surface area contributed by atoms with Crippen molar-refractivity contribution in [2.75, 3.05) is 0 Å². The number of rotatable bonds is 3. The van der Waals surface area contributed by atoms with Gasteiger partial charge < -0.3 is 0 Å². The first kappa shape index (κ1) is 11.1. The monoisotopic (exact) mass is 294 g/mol. The van der Waals surface area contributed by atoms with Crippen LogP contribution in [0.15, 0.2) is 12.2 Å². The first-order valence-corrected chi connectivity index (χ1v) is 9.78. The Kier molecular flexibility index (Phi) is 5.34. The van der Waals surface area contributed by atoms with Crippen LogP contribution < -0.4 is 0 Å². The Morgan fingerprint density at radius 2 is 2.00 bits per heavy atom. The van der Waals surface area contributed by atoms with E-state index in [1.54, 1.807) is 0 Å². The van der Waals surface area contributed by atoms with E-state index in [-0.39, 0.29) is 3.42 Å². The fraction of sp³-hybridized carbons (Fsp3) is 0.714. The molecule has 0 N–H and O–H groups in total. The molecule has 0 bridgehead atoms. The molecule has 0 aliphatic rings. The Hall–Kier alpha value is 1.05. The van der Waals surface area contributed by atoms with Crippen LogP contribution in [0.3, 0.4) is 0 Å². The summed E-state index contributed by atoms with van der Waals surface area (Å²) in [6.45, 7) is 6.24. The molecule has 0 radical (unpaired) electrons. The van der Waals surface area contributed by atoms with Crippen LogP contribution in [-0.2, 0) is 0 Å². The molecular formula is C7H13Cl2I. The van der Waals surface area contributed by atoms with Crippen molar-refractivity contribution in [1.82, 2.24) is 0 Å². The van der Waals surface area contributed by atoms with Crippen LogP contribution >= 0.6 is 35.4 Å². The maximum atomic E-state index is 5.93. The molecule has 10 heavy (non-hydrogen) atoms. The molecule has 0 aromatic carbocycles. The van der Waals surface area contributed by atoms with Gasteiger partial charge in [0.1, 0.15) is 0 Å². The van der Waals surface area contributed by atoms with Crippen LogP contribution in [0.2, 0.25) is 0 Å². The minimum absolute atomic E-state index is 0.0990. The predicted molar refractivity (Wildman–Crippen MR) is 59.2 cm³/mol.